The molecule has 132 valence electrons. The van der Waals surface area contributed by atoms with Crippen molar-refractivity contribution in [1.29, 1.82) is 0 Å². The van der Waals surface area contributed by atoms with Crippen LogP contribution in [-0.4, -0.2) is 40.8 Å². The first-order valence-electron chi connectivity index (χ1n) is 8.45. The number of para-hydroxylation sites is 1. The minimum Gasteiger partial charge on any atom is -0.507 e. The van der Waals surface area contributed by atoms with Gasteiger partial charge in [0.2, 0.25) is 0 Å². The average Bonchev–Trinajstić information content (AvgIpc) is 2.62. The molecule has 2 aromatic rings. The molecule has 25 heavy (non-hydrogen) atoms. The third-order valence-electron chi connectivity index (χ3n) is 3.82. The monoisotopic (exact) mass is 340 g/mol. The molecule has 0 heterocycles. The van der Waals surface area contributed by atoms with Crippen molar-refractivity contribution in [2.45, 2.75) is 26.2 Å². The fourth-order valence-electron chi connectivity index (χ4n) is 2.35. The van der Waals surface area contributed by atoms with Crippen molar-refractivity contribution < 1.29 is 15.3 Å². The maximum Gasteiger partial charge on any atom is 0.166 e. The topological polar surface area (TPSA) is 85.4 Å². The number of hydrogen-bond donors (Lipinski definition) is 3. The van der Waals surface area contributed by atoms with Crippen LogP contribution in [0.25, 0.3) is 0 Å². The summed E-state index contributed by atoms with van der Waals surface area (Å²) in [4.78, 5) is 8.43. The van der Waals surface area contributed by atoms with Crippen LogP contribution in [0.5, 0.6) is 17.2 Å². The predicted molar refractivity (Wildman–Crippen MR) is 101 cm³/mol. The van der Waals surface area contributed by atoms with Crippen LogP contribution in [-0.2, 0) is 6.42 Å². The Hall–Kier alpha value is -2.82. The normalized spacial score (nSPS) is 11.6. The molecule has 5 nitrogen and oxygen atoms in total. The van der Waals surface area contributed by atoms with E-state index >= 15 is 0 Å². The predicted octanol–water partition coefficient (Wildman–Crippen LogP) is 3.68. The average molecular weight is 340 g/mol. The van der Waals surface area contributed by atoms with Crippen molar-refractivity contribution in [3.63, 3.8) is 0 Å². The Labute approximate surface area is 148 Å². The van der Waals surface area contributed by atoms with Gasteiger partial charge >= 0.3 is 0 Å². The van der Waals surface area contributed by atoms with E-state index in [1.165, 1.54) is 6.21 Å². The molecule has 0 aliphatic heterocycles. The number of aliphatic imine (C=N–C) groups is 2. The zero-order chi connectivity index (χ0) is 18.1. The van der Waals surface area contributed by atoms with E-state index in [4.69, 9.17) is 0 Å². The quantitative estimate of drug-likeness (QED) is 0.389. The van der Waals surface area contributed by atoms with Gasteiger partial charge in [0.1, 0.15) is 5.75 Å². The summed E-state index contributed by atoms with van der Waals surface area (Å²) in [5.74, 6) is 0.00310. The van der Waals surface area contributed by atoms with Crippen molar-refractivity contribution in [2.75, 3.05) is 13.1 Å². The summed E-state index contributed by atoms with van der Waals surface area (Å²) in [5.41, 5.74) is 1.91. The Morgan fingerprint density at radius 3 is 2.20 bits per heavy atom. The summed E-state index contributed by atoms with van der Waals surface area (Å²) in [5, 5.41) is 29.7. The van der Waals surface area contributed by atoms with Gasteiger partial charge in [-0.1, -0.05) is 31.5 Å². The van der Waals surface area contributed by atoms with Crippen molar-refractivity contribution in [1.82, 2.24) is 0 Å². The van der Waals surface area contributed by atoms with Gasteiger partial charge in [0.05, 0.1) is 13.1 Å². The van der Waals surface area contributed by atoms with Crippen LogP contribution in [0.3, 0.4) is 0 Å². The lowest BCUT2D eigenvalue weighted by Crippen LogP contribution is -1.93. The maximum atomic E-state index is 10.1. The van der Waals surface area contributed by atoms with Gasteiger partial charge in [0.25, 0.3) is 0 Å². The number of nitrogens with zero attached hydrogens (tertiary/aromatic N) is 2. The molecule has 0 amide bonds. The molecule has 3 N–H and O–H groups in total. The molecule has 0 atom stereocenters. The first-order chi connectivity index (χ1) is 12.1. The Balaban J connectivity index is 1.90. The van der Waals surface area contributed by atoms with Crippen LogP contribution in [0.1, 0.15) is 36.5 Å². The maximum absolute atomic E-state index is 10.1. The molecule has 0 radical (unpaired) electrons. The van der Waals surface area contributed by atoms with Crippen LogP contribution in [0.15, 0.2) is 46.4 Å². The molecule has 0 saturated heterocycles. The van der Waals surface area contributed by atoms with Crippen molar-refractivity contribution in [2.24, 2.45) is 9.98 Å². The number of unbranched alkanes of at least 4 members (excludes halogenated alkanes) is 1. The molecule has 5 heteroatoms. The summed E-state index contributed by atoms with van der Waals surface area (Å²) in [6.07, 6.45) is 5.89. The number of hydrogen-bond acceptors (Lipinski definition) is 5. The summed E-state index contributed by atoms with van der Waals surface area (Å²) >= 11 is 0. The van der Waals surface area contributed by atoms with E-state index in [9.17, 15) is 15.3 Å². The number of phenols is 3. The lowest BCUT2D eigenvalue weighted by Gasteiger charge is -2.07. The van der Waals surface area contributed by atoms with Gasteiger partial charge in [0.15, 0.2) is 11.5 Å². The third-order valence-corrected chi connectivity index (χ3v) is 3.82. The molecule has 0 bridgehead atoms. The van der Waals surface area contributed by atoms with Crippen molar-refractivity contribution >= 4 is 12.4 Å². The van der Waals surface area contributed by atoms with Gasteiger partial charge in [0, 0.05) is 23.6 Å². The molecule has 0 fully saturated rings. The molecular formula is C20H24N2O3. The number of rotatable bonds is 8. The first kappa shape index (κ1) is 18.5. The van der Waals surface area contributed by atoms with Crippen LogP contribution < -0.4 is 0 Å². The minimum absolute atomic E-state index is 0.0602. The zero-order valence-corrected chi connectivity index (χ0v) is 14.4. The summed E-state index contributed by atoms with van der Waals surface area (Å²) < 4.78 is 0. The zero-order valence-electron chi connectivity index (χ0n) is 14.4. The van der Waals surface area contributed by atoms with E-state index in [-0.39, 0.29) is 17.2 Å². The van der Waals surface area contributed by atoms with E-state index in [2.05, 4.69) is 16.9 Å². The molecule has 2 aromatic carbocycles. The smallest absolute Gasteiger partial charge is 0.166 e. The van der Waals surface area contributed by atoms with Crippen molar-refractivity contribution in [3.8, 4) is 17.2 Å². The van der Waals surface area contributed by atoms with Crippen molar-refractivity contribution in [3.05, 3.63) is 53.1 Å². The van der Waals surface area contributed by atoms with Gasteiger partial charge in [-0.3, -0.25) is 9.98 Å². The number of phenolic OH excluding ortho intramolecular Hbond substituents is 3. The van der Waals surface area contributed by atoms with Gasteiger partial charge in [-0.15, -0.1) is 0 Å². The highest BCUT2D eigenvalue weighted by Crippen LogP contribution is 2.32. The fourth-order valence-corrected chi connectivity index (χ4v) is 2.35. The second-order valence-electron chi connectivity index (χ2n) is 5.74. The first-order valence-corrected chi connectivity index (χ1v) is 8.45. The molecule has 0 spiro atoms. The number of aryl methyl sites for hydroxylation is 1. The van der Waals surface area contributed by atoms with Crippen LogP contribution in [0.2, 0.25) is 0 Å². The highest BCUT2D eigenvalue weighted by atomic mass is 16.3. The number of aromatic hydroxyl groups is 3. The van der Waals surface area contributed by atoms with E-state index < -0.39 is 0 Å². The Morgan fingerprint density at radius 2 is 1.52 bits per heavy atom. The Kier molecular flexibility index (Phi) is 7.01. The largest absolute Gasteiger partial charge is 0.507 e. The van der Waals surface area contributed by atoms with E-state index in [0.29, 0.717) is 24.2 Å². The fraction of sp³-hybridized carbons (Fsp3) is 0.300. The summed E-state index contributed by atoms with van der Waals surface area (Å²) in [7, 11) is 0. The lowest BCUT2D eigenvalue weighted by molar-refractivity contribution is 0.398. The molecule has 0 saturated carbocycles. The lowest BCUT2D eigenvalue weighted by atomic mass is 10.0. The third kappa shape index (κ3) is 5.35. The van der Waals surface area contributed by atoms with Gasteiger partial charge in [-0.2, -0.15) is 0 Å². The van der Waals surface area contributed by atoms with Gasteiger partial charge in [-0.25, -0.2) is 0 Å². The molecule has 0 aliphatic carbocycles. The minimum atomic E-state index is -0.130. The van der Waals surface area contributed by atoms with Crippen LogP contribution >= 0.6 is 0 Å². The van der Waals surface area contributed by atoms with Crippen LogP contribution in [0.4, 0.5) is 0 Å². The second kappa shape index (κ2) is 9.47. The van der Waals surface area contributed by atoms with Gasteiger partial charge in [-0.05, 0) is 36.6 Å². The summed E-state index contributed by atoms with van der Waals surface area (Å²) in [6, 6.07) is 10.6. The Bertz CT molecular complexity index is 755. The molecule has 0 aliphatic rings. The second-order valence-corrected chi connectivity index (χ2v) is 5.74. The van der Waals surface area contributed by atoms with Crippen LogP contribution in [0, 0.1) is 0 Å². The van der Waals surface area contributed by atoms with E-state index in [1.54, 1.807) is 30.5 Å². The molecular weight excluding hydrogens is 316 g/mol. The highest BCUT2D eigenvalue weighted by Gasteiger charge is 2.09. The molecule has 0 aromatic heterocycles. The molecule has 2 rings (SSSR count). The van der Waals surface area contributed by atoms with Gasteiger partial charge < -0.3 is 15.3 Å². The SMILES string of the molecule is CCCCc1ccc(C=NCCN=Cc2ccccc2O)c(O)c1O. The summed E-state index contributed by atoms with van der Waals surface area (Å²) in [6.45, 7) is 2.99. The van der Waals surface area contributed by atoms with E-state index in [1.807, 2.05) is 12.1 Å². The van der Waals surface area contributed by atoms with E-state index in [0.717, 1.165) is 24.8 Å². The Morgan fingerprint density at radius 1 is 0.840 bits per heavy atom. The number of benzene rings is 2. The highest BCUT2D eigenvalue weighted by molar-refractivity contribution is 5.85. The molecule has 0 unspecified atom stereocenters. The standard InChI is InChI=1S/C20H24N2O3/c1-2-3-6-15-9-10-17(20(25)19(15)24)14-22-12-11-21-13-16-7-4-5-8-18(16)23/h4-5,7-10,13-14,23-25H,2-3,6,11-12H2,1H3.